The summed E-state index contributed by atoms with van der Waals surface area (Å²) >= 11 is 0. The van der Waals surface area contributed by atoms with E-state index >= 15 is 0 Å². The highest BCUT2D eigenvalue weighted by molar-refractivity contribution is 14.0. The van der Waals surface area contributed by atoms with Crippen molar-refractivity contribution >= 4 is 39.8 Å². The summed E-state index contributed by atoms with van der Waals surface area (Å²) in [6, 6.07) is 1.95. The van der Waals surface area contributed by atoms with E-state index in [4.69, 9.17) is 0 Å². The van der Waals surface area contributed by atoms with E-state index in [1.165, 1.54) is 0 Å². The van der Waals surface area contributed by atoms with Crippen LogP contribution in [-0.4, -0.2) is 73.3 Å². The molecule has 0 bridgehead atoms. The van der Waals surface area contributed by atoms with E-state index in [1.807, 2.05) is 20.0 Å². The van der Waals surface area contributed by atoms with E-state index in [2.05, 4.69) is 25.6 Å². The standard InChI is InChI=1S/C14H26N6O2S.HI/c1-3-15-14(17-12-13-4-5-18-19(13)2)16-6-7-20-8-10-23(21,22)11-9-20;/h4-5H,3,6-12H2,1-2H3,(H2,15,16,17);1H. The molecule has 0 radical (unpaired) electrons. The van der Waals surface area contributed by atoms with Crippen molar-refractivity contribution in [3.63, 3.8) is 0 Å². The van der Waals surface area contributed by atoms with E-state index in [9.17, 15) is 8.42 Å². The van der Waals surface area contributed by atoms with Gasteiger partial charge in [-0.05, 0) is 13.0 Å². The zero-order valence-electron chi connectivity index (χ0n) is 14.2. The Balaban J connectivity index is 0.00000288. The zero-order chi connectivity index (χ0) is 16.7. The van der Waals surface area contributed by atoms with Crippen molar-refractivity contribution in [1.29, 1.82) is 0 Å². The van der Waals surface area contributed by atoms with Crippen molar-refractivity contribution in [3.8, 4) is 0 Å². The van der Waals surface area contributed by atoms with Crippen LogP contribution in [0.15, 0.2) is 17.3 Å². The Bertz CT molecular complexity index is 617. The summed E-state index contributed by atoms with van der Waals surface area (Å²) in [5.41, 5.74) is 1.04. The molecule has 0 aromatic carbocycles. The molecule has 2 heterocycles. The van der Waals surface area contributed by atoms with Crippen LogP contribution in [0.5, 0.6) is 0 Å². The molecule has 0 spiro atoms. The predicted octanol–water partition coefficient (Wildman–Crippen LogP) is -0.176. The zero-order valence-corrected chi connectivity index (χ0v) is 17.4. The topological polar surface area (TPSA) is 91.6 Å². The smallest absolute Gasteiger partial charge is 0.191 e. The minimum Gasteiger partial charge on any atom is -0.357 e. The summed E-state index contributed by atoms with van der Waals surface area (Å²) in [4.78, 5) is 6.71. The number of nitrogens with one attached hydrogen (secondary N) is 2. The molecule has 0 unspecified atom stereocenters. The van der Waals surface area contributed by atoms with Gasteiger partial charge in [0.2, 0.25) is 0 Å². The van der Waals surface area contributed by atoms with Gasteiger partial charge in [-0.3, -0.25) is 9.58 Å². The lowest BCUT2D eigenvalue weighted by molar-refractivity contribution is 0.299. The maximum Gasteiger partial charge on any atom is 0.191 e. The Hall–Kier alpha value is -0.880. The van der Waals surface area contributed by atoms with Gasteiger partial charge < -0.3 is 10.6 Å². The van der Waals surface area contributed by atoms with Gasteiger partial charge in [-0.15, -0.1) is 24.0 Å². The molecule has 0 aliphatic carbocycles. The van der Waals surface area contributed by atoms with E-state index < -0.39 is 9.84 Å². The maximum atomic E-state index is 11.4. The highest BCUT2D eigenvalue weighted by Crippen LogP contribution is 2.02. The Labute approximate surface area is 161 Å². The van der Waals surface area contributed by atoms with Crippen LogP contribution in [-0.2, 0) is 23.4 Å². The number of aromatic nitrogens is 2. The van der Waals surface area contributed by atoms with Crippen molar-refractivity contribution in [3.05, 3.63) is 18.0 Å². The molecule has 0 saturated carbocycles. The number of rotatable bonds is 6. The van der Waals surface area contributed by atoms with Crippen LogP contribution < -0.4 is 10.6 Å². The maximum absolute atomic E-state index is 11.4. The number of aryl methyl sites for hydroxylation is 1. The number of hydrogen-bond acceptors (Lipinski definition) is 5. The molecule has 2 rings (SSSR count). The number of hydrogen-bond donors (Lipinski definition) is 2. The van der Waals surface area contributed by atoms with Crippen molar-refractivity contribution in [2.75, 3.05) is 44.2 Å². The lowest BCUT2D eigenvalue weighted by atomic mass is 10.4. The van der Waals surface area contributed by atoms with Gasteiger partial charge in [0.15, 0.2) is 15.8 Å². The molecule has 2 N–H and O–H groups in total. The number of sulfone groups is 1. The molecule has 0 atom stereocenters. The van der Waals surface area contributed by atoms with Crippen LogP contribution in [0.4, 0.5) is 0 Å². The van der Waals surface area contributed by atoms with Gasteiger partial charge in [0, 0.05) is 46.0 Å². The fourth-order valence-electron chi connectivity index (χ4n) is 2.36. The van der Waals surface area contributed by atoms with E-state index in [1.54, 1.807) is 10.9 Å². The summed E-state index contributed by atoms with van der Waals surface area (Å²) in [5.74, 6) is 1.29. The average molecular weight is 470 g/mol. The fourth-order valence-corrected chi connectivity index (χ4v) is 3.64. The second-order valence-corrected chi connectivity index (χ2v) is 7.87. The highest BCUT2D eigenvalue weighted by Gasteiger charge is 2.20. The number of guanidine groups is 1. The molecule has 1 fully saturated rings. The monoisotopic (exact) mass is 470 g/mol. The third-order valence-corrected chi connectivity index (χ3v) is 5.43. The largest absolute Gasteiger partial charge is 0.357 e. The summed E-state index contributed by atoms with van der Waals surface area (Å²) in [7, 11) is -0.911. The quantitative estimate of drug-likeness (QED) is 0.341. The van der Waals surface area contributed by atoms with Gasteiger partial charge in [-0.25, -0.2) is 13.4 Å². The van der Waals surface area contributed by atoms with Gasteiger partial charge in [0.05, 0.1) is 23.7 Å². The van der Waals surface area contributed by atoms with Crippen LogP contribution in [0.25, 0.3) is 0 Å². The second-order valence-electron chi connectivity index (χ2n) is 5.56. The second kappa shape index (κ2) is 10.2. The lowest BCUT2D eigenvalue weighted by Crippen LogP contribution is -2.45. The van der Waals surface area contributed by atoms with Crippen LogP contribution in [0.1, 0.15) is 12.6 Å². The Morgan fingerprint density at radius 2 is 2.04 bits per heavy atom. The van der Waals surface area contributed by atoms with Crippen LogP contribution in [0.2, 0.25) is 0 Å². The van der Waals surface area contributed by atoms with Gasteiger partial charge in [0.1, 0.15) is 0 Å². The van der Waals surface area contributed by atoms with Gasteiger partial charge in [-0.1, -0.05) is 0 Å². The van der Waals surface area contributed by atoms with Gasteiger partial charge in [0.25, 0.3) is 0 Å². The number of halogens is 1. The molecular formula is C14H27IN6O2S. The predicted molar refractivity (Wildman–Crippen MR) is 107 cm³/mol. The molecule has 24 heavy (non-hydrogen) atoms. The average Bonchev–Trinajstić information content (AvgIpc) is 2.92. The lowest BCUT2D eigenvalue weighted by Gasteiger charge is -2.26. The van der Waals surface area contributed by atoms with Crippen LogP contribution in [0, 0.1) is 0 Å². The molecule has 1 aliphatic heterocycles. The molecule has 0 amide bonds. The van der Waals surface area contributed by atoms with Crippen molar-refractivity contribution < 1.29 is 8.42 Å². The number of aliphatic imine (C=N–C) groups is 1. The Kier molecular flexibility index (Phi) is 8.98. The SMILES string of the molecule is CCNC(=NCc1ccnn1C)NCCN1CCS(=O)(=O)CC1.I. The molecular weight excluding hydrogens is 443 g/mol. The van der Waals surface area contributed by atoms with Crippen LogP contribution >= 0.6 is 24.0 Å². The molecule has 1 aromatic heterocycles. The minimum atomic E-state index is -2.81. The molecule has 1 aliphatic rings. The summed E-state index contributed by atoms with van der Waals surface area (Å²) in [6.45, 7) is 6.16. The third kappa shape index (κ3) is 6.93. The molecule has 138 valence electrons. The first kappa shape index (κ1) is 21.2. The highest BCUT2D eigenvalue weighted by atomic mass is 127. The Morgan fingerprint density at radius 1 is 1.33 bits per heavy atom. The van der Waals surface area contributed by atoms with Gasteiger partial charge >= 0.3 is 0 Å². The summed E-state index contributed by atoms with van der Waals surface area (Å²) < 4.78 is 24.6. The first-order valence-electron chi connectivity index (χ1n) is 7.92. The van der Waals surface area contributed by atoms with Crippen molar-refractivity contribution in [2.45, 2.75) is 13.5 Å². The molecule has 8 nitrogen and oxygen atoms in total. The first-order chi connectivity index (χ1) is 11.0. The summed E-state index contributed by atoms with van der Waals surface area (Å²) in [6.07, 6.45) is 1.76. The molecule has 1 saturated heterocycles. The molecule has 10 heteroatoms. The summed E-state index contributed by atoms with van der Waals surface area (Å²) in [5, 5.41) is 10.6. The molecule has 1 aromatic rings. The third-order valence-electron chi connectivity index (χ3n) is 3.82. The van der Waals surface area contributed by atoms with E-state index in [-0.39, 0.29) is 35.5 Å². The normalized spacial score (nSPS) is 18.0. The van der Waals surface area contributed by atoms with E-state index in [0.29, 0.717) is 19.6 Å². The van der Waals surface area contributed by atoms with Gasteiger partial charge in [-0.2, -0.15) is 5.10 Å². The van der Waals surface area contributed by atoms with Crippen LogP contribution in [0.3, 0.4) is 0 Å². The van der Waals surface area contributed by atoms with Crippen molar-refractivity contribution in [1.82, 2.24) is 25.3 Å². The Morgan fingerprint density at radius 3 is 2.62 bits per heavy atom. The first-order valence-corrected chi connectivity index (χ1v) is 9.74. The van der Waals surface area contributed by atoms with Crippen molar-refractivity contribution in [2.24, 2.45) is 12.0 Å². The van der Waals surface area contributed by atoms with E-state index in [0.717, 1.165) is 31.3 Å². The minimum absolute atomic E-state index is 0. The fraction of sp³-hybridized carbons (Fsp3) is 0.714. The number of nitrogens with zero attached hydrogens (tertiary/aromatic N) is 4.